The molecule has 0 amide bonds. The molecule has 1 aromatic rings. The van der Waals surface area contributed by atoms with Gasteiger partial charge in [-0.2, -0.15) is 0 Å². The Hall–Kier alpha value is -0.910. The van der Waals surface area contributed by atoms with Gasteiger partial charge in [0.2, 0.25) is 10.0 Å². The molecule has 4 nitrogen and oxygen atoms in total. The lowest BCUT2D eigenvalue weighted by Gasteiger charge is -2.41. The highest BCUT2D eigenvalue weighted by atomic mass is 32.2. The fourth-order valence-electron chi connectivity index (χ4n) is 2.53. The van der Waals surface area contributed by atoms with E-state index < -0.39 is 10.0 Å². The average Bonchev–Trinajstić information content (AvgIpc) is 2.34. The monoisotopic (exact) mass is 282 g/mol. The van der Waals surface area contributed by atoms with E-state index in [4.69, 9.17) is 5.73 Å². The second kappa shape index (κ2) is 5.23. The van der Waals surface area contributed by atoms with Crippen molar-refractivity contribution in [3.63, 3.8) is 0 Å². The molecule has 0 heterocycles. The van der Waals surface area contributed by atoms with E-state index in [2.05, 4.69) is 4.72 Å². The number of aryl methyl sites for hydroxylation is 1. The molecule has 0 atom stereocenters. The van der Waals surface area contributed by atoms with Gasteiger partial charge in [0.1, 0.15) is 0 Å². The fraction of sp³-hybridized carbons (Fsp3) is 0.571. The minimum atomic E-state index is -3.46. The van der Waals surface area contributed by atoms with E-state index in [1.54, 1.807) is 6.07 Å². The maximum atomic E-state index is 12.5. The molecule has 0 unspecified atom stereocenters. The number of hydrogen-bond acceptors (Lipinski definition) is 3. The first kappa shape index (κ1) is 14.5. The molecule has 3 N–H and O–H groups in total. The first-order valence-corrected chi connectivity index (χ1v) is 8.24. The number of sulfonamides is 1. The van der Waals surface area contributed by atoms with Crippen LogP contribution >= 0.6 is 0 Å². The van der Waals surface area contributed by atoms with E-state index >= 15 is 0 Å². The standard InChI is InChI=1S/C14H22N2O2S/c1-3-14(7-4-8-14)16-19(17,18)13-9-12(10-15)6-5-11(13)2/h5-6,9,16H,3-4,7-8,10,15H2,1-2H3. The number of nitrogens with one attached hydrogen (secondary N) is 1. The lowest BCUT2D eigenvalue weighted by molar-refractivity contribution is 0.214. The van der Waals surface area contributed by atoms with Gasteiger partial charge < -0.3 is 5.73 Å². The summed E-state index contributed by atoms with van der Waals surface area (Å²) in [4.78, 5) is 0.357. The number of nitrogens with two attached hydrogens (primary N) is 1. The highest BCUT2D eigenvalue weighted by Crippen LogP contribution is 2.36. The average molecular weight is 282 g/mol. The summed E-state index contributed by atoms with van der Waals surface area (Å²) in [7, 11) is -3.46. The Morgan fingerprint density at radius 2 is 2.05 bits per heavy atom. The second-order valence-electron chi connectivity index (χ2n) is 5.40. The summed E-state index contributed by atoms with van der Waals surface area (Å²) >= 11 is 0. The van der Waals surface area contributed by atoms with E-state index in [0.29, 0.717) is 11.4 Å². The zero-order chi connectivity index (χ0) is 14.1. The summed E-state index contributed by atoms with van der Waals surface area (Å²) in [5.41, 5.74) is 6.95. The zero-order valence-electron chi connectivity index (χ0n) is 11.6. The van der Waals surface area contributed by atoms with Crippen LogP contribution in [0.1, 0.15) is 43.7 Å². The van der Waals surface area contributed by atoms with Gasteiger partial charge in [-0.05, 0) is 49.8 Å². The minimum absolute atomic E-state index is 0.232. The van der Waals surface area contributed by atoms with E-state index in [9.17, 15) is 8.42 Å². The minimum Gasteiger partial charge on any atom is -0.326 e. The molecule has 5 heteroatoms. The Morgan fingerprint density at radius 1 is 1.37 bits per heavy atom. The van der Waals surface area contributed by atoms with Crippen molar-refractivity contribution in [3.8, 4) is 0 Å². The number of hydrogen-bond donors (Lipinski definition) is 2. The first-order chi connectivity index (χ1) is 8.92. The topological polar surface area (TPSA) is 72.2 Å². The lowest BCUT2D eigenvalue weighted by atomic mass is 9.76. The van der Waals surface area contributed by atoms with Crippen molar-refractivity contribution in [3.05, 3.63) is 29.3 Å². The molecular formula is C14H22N2O2S. The third-order valence-corrected chi connectivity index (χ3v) is 5.84. The van der Waals surface area contributed by atoms with Crippen LogP contribution in [0.25, 0.3) is 0 Å². The van der Waals surface area contributed by atoms with Gasteiger partial charge in [0.15, 0.2) is 0 Å². The van der Waals surface area contributed by atoms with E-state index in [-0.39, 0.29) is 5.54 Å². The van der Waals surface area contributed by atoms with E-state index in [1.807, 2.05) is 26.0 Å². The van der Waals surface area contributed by atoms with Crippen LogP contribution in [0.3, 0.4) is 0 Å². The highest BCUT2D eigenvalue weighted by Gasteiger charge is 2.39. The summed E-state index contributed by atoms with van der Waals surface area (Å²) in [6, 6.07) is 5.36. The maximum Gasteiger partial charge on any atom is 0.241 e. The molecule has 1 aliphatic rings. The largest absolute Gasteiger partial charge is 0.326 e. The van der Waals surface area contributed by atoms with Crippen molar-refractivity contribution in [2.45, 2.75) is 56.5 Å². The van der Waals surface area contributed by atoms with Crippen LogP contribution in [0.5, 0.6) is 0 Å². The van der Waals surface area contributed by atoms with E-state index in [1.165, 1.54) is 0 Å². The molecule has 0 aliphatic heterocycles. The molecule has 0 bridgehead atoms. The molecule has 1 aliphatic carbocycles. The number of benzene rings is 1. The third-order valence-electron chi connectivity index (χ3n) is 4.12. The lowest BCUT2D eigenvalue weighted by Crippen LogP contribution is -2.52. The van der Waals surface area contributed by atoms with Crippen LogP contribution in [-0.4, -0.2) is 14.0 Å². The van der Waals surface area contributed by atoms with Crippen molar-refractivity contribution >= 4 is 10.0 Å². The Morgan fingerprint density at radius 3 is 2.53 bits per heavy atom. The molecule has 0 spiro atoms. The third kappa shape index (κ3) is 2.83. The molecule has 0 saturated heterocycles. The molecule has 1 saturated carbocycles. The Labute approximate surface area is 115 Å². The maximum absolute atomic E-state index is 12.5. The molecule has 19 heavy (non-hydrogen) atoms. The predicted molar refractivity (Wildman–Crippen MR) is 76.3 cm³/mol. The van der Waals surface area contributed by atoms with Crippen molar-refractivity contribution in [1.82, 2.24) is 4.72 Å². The SMILES string of the molecule is CCC1(NS(=O)(=O)c2cc(CN)ccc2C)CCC1. The van der Waals surface area contributed by atoms with Crippen molar-refractivity contribution in [2.24, 2.45) is 5.73 Å². The van der Waals surface area contributed by atoms with Gasteiger partial charge in [0, 0.05) is 12.1 Å². The second-order valence-corrected chi connectivity index (χ2v) is 7.05. The summed E-state index contributed by atoms with van der Waals surface area (Å²) in [6.45, 7) is 4.20. The van der Waals surface area contributed by atoms with Gasteiger partial charge in [-0.1, -0.05) is 19.1 Å². The molecule has 1 aromatic carbocycles. The molecule has 0 aromatic heterocycles. The predicted octanol–water partition coefficient (Wildman–Crippen LogP) is 2.06. The number of rotatable bonds is 5. The molecule has 0 radical (unpaired) electrons. The van der Waals surface area contributed by atoms with Gasteiger partial charge in [-0.25, -0.2) is 13.1 Å². The van der Waals surface area contributed by atoms with Gasteiger partial charge in [-0.15, -0.1) is 0 Å². The van der Waals surface area contributed by atoms with Crippen LogP contribution < -0.4 is 10.5 Å². The van der Waals surface area contributed by atoms with Crippen LogP contribution in [0.15, 0.2) is 23.1 Å². The highest BCUT2D eigenvalue weighted by molar-refractivity contribution is 7.89. The summed E-state index contributed by atoms with van der Waals surface area (Å²) in [5.74, 6) is 0. The van der Waals surface area contributed by atoms with Gasteiger partial charge in [0.05, 0.1) is 4.90 Å². The molecule has 1 fully saturated rings. The molecule has 106 valence electrons. The summed E-state index contributed by atoms with van der Waals surface area (Å²) in [6.07, 6.45) is 3.79. The quantitative estimate of drug-likeness (QED) is 0.868. The van der Waals surface area contributed by atoms with Gasteiger partial charge in [-0.3, -0.25) is 0 Å². The molecular weight excluding hydrogens is 260 g/mol. The zero-order valence-corrected chi connectivity index (χ0v) is 12.4. The normalized spacial score (nSPS) is 18.1. The Kier molecular flexibility index (Phi) is 3.99. The molecule has 2 rings (SSSR count). The van der Waals surface area contributed by atoms with Gasteiger partial charge >= 0.3 is 0 Å². The van der Waals surface area contributed by atoms with Crippen LogP contribution in [-0.2, 0) is 16.6 Å². The summed E-state index contributed by atoms with van der Waals surface area (Å²) < 4.78 is 28.0. The van der Waals surface area contributed by atoms with Crippen LogP contribution in [0.2, 0.25) is 0 Å². The smallest absolute Gasteiger partial charge is 0.241 e. The Bertz CT molecular complexity index is 557. The first-order valence-electron chi connectivity index (χ1n) is 6.76. The van der Waals surface area contributed by atoms with Crippen molar-refractivity contribution in [2.75, 3.05) is 0 Å². The fourth-order valence-corrected chi connectivity index (χ4v) is 4.36. The van der Waals surface area contributed by atoms with Crippen LogP contribution in [0, 0.1) is 6.92 Å². The van der Waals surface area contributed by atoms with E-state index in [0.717, 1.165) is 36.8 Å². The van der Waals surface area contributed by atoms with Gasteiger partial charge in [0.25, 0.3) is 0 Å². The van der Waals surface area contributed by atoms with Crippen molar-refractivity contribution in [1.29, 1.82) is 0 Å². The Balaban J connectivity index is 2.34. The van der Waals surface area contributed by atoms with Crippen LogP contribution in [0.4, 0.5) is 0 Å². The van der Waals surface area contributed by atoms with Crippen molar-refractivity contribution < 1.29 is 8.42 Å². The summed E-state index contributed by atoms with van der Waals surface area (Å²) in [5, 5.41) is 0.